The van der Waals surface area contributed by atoms with Gasteiger partial charge in [0, 0.05) is 68.7 Å². The minimum atomic E-state index is 0.0119. The first-order valence-corrected chi connectivity index (χ1v) is 9.60. The van der Waals surface area contributed by atoms with Gasteiger partial charge in [0.2, 0.25) is 5.91 Å². The lowest BCUT2D eigenvalue weighted by molar-refractivity contribution is -0.138. The summed E-state index contributed by atoms with van der Waals surface area (Å²) in [6.45, 7) is 2.92. The Hall–Kier alpha value is -2.70. The molecule has 1 spiro atoms. The molecule has 4 heterocycles. The van der Waals surface area contributed by atoms with E-state index in [1.165, 1.54) is 0 Å². The first-order valence-electron chi connectivity index (χ1n) is 9.60. The quantitative estimate of drug-likeness (QED) is 0.895. The number of aromatic nitrogens is 3. The third-order valence-electron chi connectivity index (χ3n) is 5.81. The summed E-state index contributed by atoms with van der Waals surface area (Å²) in [6.07, 6.45) is 11.0. The van der Waals surface area contributed by atoms with Crippen molar-refractivity contribution in [1.29, 1.82) is 0 Å². The summed E-state index contributed by atoms with van der Waals surface area (Å²) in [6, 6.07) is 3.61. The lowest BCUT2D eigenvalue weighted by atomic mass is 9.73. The Morgan fingerprint density at radius 3 is 2.93 bits per heavy atom. The second-order valence-corrected chi connectivity index (χ2v) is 7.71. The third kappa shape index (κ3) is 3.86. The molecule has 142 valence electrons. The number of H-pyrrole nitrogens is 1. The van der Waals surface area contributed by atoms with Gasteiger partial charge in [-0.15, -0.1) is 0 Å². The molecular weight excluding hydrogens is 342 g/mol. The highest BCUT2D eigenvalue weighted by Crippen LogP contribution is 2.39. The van der Waals surface area contributed by atoms with Crippen molar-refractivity contribution >= 4 is 11.8 Å². The first kappa shape index (κ1) is 17.7. The highest BCUT2D eigenvalue weighted by Gasteiger charge is 2.42. The Morgan fingerprint density at radius 2 is 2.15 bits per heavy atom. The summed E-state index contributed by atoms with van der Waals surface area (Å²) in [7, 11) is 0. The number of likely N-dealkylation sites (tertiary alicyclic amines) is 2. The summed E-state index contributed by atoms with van der Waals surface area (Å²) < 4.78 is 0. The average molecular weight is 367 g/mol. The molecule has 0 bridgehead atoms. The number of nitrogens with one attached hydrogen (secondary N) is 1. The van der Waals surface area contributed by atoms with Gasteiger partial charge >= 0.3 is 0 Å². The second kappa shape index (κ2) is 7.50. The van der Waals surface area contributed by atoms with E-state index in [0.717, 1.165) is 44.5 Å². The van der Waals surface area contributed by atoms with Crippen LogP contribution in [0.3, 0.4) is 0 Å². The molecule has 2 saturated heterocycles. The molecule has 2 aliphatic heterocycles. The van der Waals surface area contributed by atoms with Crippen LogP contribution in [0.4, 0.5) is 0 Å². The van der Waals surface area contributed by atoms with Gasteiger partial charge in [0.1, 0.15) is 0 Å². The van der Waals surface area contributed by atoms with Crippen LogP contribution in [-0.2, 0) is 11.2 Å². The number of rotatable bonds is 4. The molecule has 27 heavy (non-hydrogen) atoms. The van der Waals surface area contributed by atoms with Crippen molar-refractivity contribution in [3.05, 3.63) is 48.3 Å². The van der Waals surface area contributed by atoms with Crippen LogP contribution in [-0.4, -0.2) is 62.7 Å². The fraction of sp³-hybridized carbons (Fsp3) is 0.500. The topological polar surface area (TPSA) is 82.2 Å². The van der Waals surface area contributed by atoms with E-state index < -0.39 is 0 Å². The molecule has 7 heteroatoms. The Morgan fingerprint density at radius 1 is 1.22 bits per heavy atom. The molecule has 2 aromatic rings. The van der Waals surface area contributed by atoms with Gasteiger partial charge in [0.25, 0.3) is 5.91 Å². The standard InChI is InChI=1S/C20H25N5O2/c26-18-4-7-20(13-24(18)10-5-17-12-22-15-23-17)6-2-9-25(14-20)19(27)16-3-1-8-21-11-16/h1,3,8,11-12,15H,2,4-7,9-10,13-14H2,(H,22,23)/t20-/m0/s1. The zero-order chi connectivity index (χ0) is 18.7. The Bertz CT molecular complexity index is 792. The molecule has 4 rings (SSSR count). The van der Waals surface area contributed by atoms with Gasteiger partial charge in [0.05, 0.1) is 11.9 Å². The number of pyridine rings is 1. The van der Waals surface area contributed by atoms with Crippen molar-refractivity contribution in [2.45, 2.75) is 32.1 Å². The van der Waals surface area contributed by atoms with Gasteiger partial charge in [0.15, 0.2) is 0 Å². The highest BCUT2D eigenvalue weighted by atomic mass is 16.2. The summed E-state index contributed by atoms with van der Waals surface area (Å²) in [5.74, 6) is 0.263. The van der Waals surface area contributed by atoms with Crippen molar-refractivity contribution in [3.63, 3.8) is 0 Å². The molecule has 2 aliphatic rings. The SMILES string of the molecule is O=C1CC[C@@]2(CCCN(C(=O)c3cccnc3)C2)CN1CCc1cnc[nH]1. The first-order chi connectivity index (χ1) is 13.2. The maximum Gasteiger partial charge on any atom is 0.255 e. The normalized spacial score (nSPS) is 23.0. The number of hydrogen-bond donors (Lipinski definition) is 1. The van der Waals surface area contributed by atoms with E-state index in [2.05, 4.69) is 15.0 Å². The van der Waals surface area contributed by atoms with Crippen LogP contribution < -0.4 is 0 Å². The largest absolute Gasteiger partial charge is 0.348 e. The highest BCUT2D eigenvalue weighted by molar-refractivity contribution is 5.94. The number of aromatic amines is 1. The van der Waals surface area contributed by atoms with E-state index >= 15 is 0 Å². The van der Waals surface area contributed by atoms with E-state index in [1.807, 2.05) is 15.9 Å². The minimum absolute atomic E-state index is 0.0119. The Labute approximate surface area is 158 Å². The summed E-state index contributed by atoms with van der Waals surface area (Å²) in [5, 5.41) is 0. The number of carbonyl (C=O) groups excluding carboxylic acids is 2. The molecular formula is C20H25N5O2. The summed E-state index contributed by atoms with van der Waals surface area (Å²) >= 11 is 0. The minimum Gasteiger partial charge on any atom is -0.348 e. The van der Waals surface area contributed by atoms with Crippen molar-refractivity contribution in [3.8, 4) is 0 Å². The monoisotopic (exact) mass is 367 g/mol. The van der Waals surface area contributed by atoms with Gasteiger partial charge in [-0.3, -0.25) is 14.6 Å². The molecule has 2 fully saturated rings. The van der Waals surface area contributed by atoms with Gasteiger partial charge in [-0.05, 0) is 31.4 Å². The van der Waals surface area contributed by atoms with Crippen molar-refractivity contribution in [1.82, 2.24) is 24.8 Å². The van der Waals surface area contributed by atoms with Crippen LogP contribution in [0.1, 0.15) is 41.7 Å². The second-order valence-electron chi connectivity index (χ2n) is 7.71. The number of carbonyl (C=O) groups is 2. The molecule has 1 atom stereocenters. The molecule has 0 radical (unpaired) electrons. The van der Waals surface area contributed by atoms with Crippen molar-refractivity contribution in [2.75, 3.05) is 26.2 Å². The van der Waals surface area contributed by atoms with E-state index in [9.17, 15) is 9.59 Å². The predicted molar refractivity (Wildman–Crippen MR) is 99.9 cm³/mol. The lowest BCUT2D eigenvalue weighted by Gasteiger charge is -2.48. The average Bonchev–Trinajstić information content (AvgIpc) is 3.23. The van der Waals surface area contributed by atoms with Gasteiger partial charge < -0.3 is 14.8 Å². The van der Waals surface area contributed by atoms with Crippen LogP contribution in [0.5, 0.6) is 0 Å². The number of imidazole rings is 1. The summed E-state index contributed by atoms with van der Waals surface area (Å²) in [4.78, 5) is 40.4. The fourth-order valence-corrected chi connectivity index (χ4v) is 4.37. The van der Waals surface area contributed by atoms with Crippen LogP contribution in [0.2, 0.25) is 0 Å². The zero-order valence-corrected chi connectivity index (χ0v) is 15.4. The molecule has 1 N–H and O–H groups in total. The molecule has 0 saturated carbocycles. The van der Waals surface area contributed by atoms with Gasteiger partial charge in [-0.2, -0.15) is 0 Å². The fourth-order valence-electron chi connectivity index (χ4n) is 4.37. The molecule has 7 nitrogen and oxygen atoms in total. The van der Waals surface area contributed by atoms with Crippen molar-refractivity contribution in [2.24, 2.45) is 5.41 Å². The van der Waals surface area contributed by atoms with E-state index in [0.29, 0.717) is 25.1 Å². The van der Waals surface area contributed by atoms with Crippen LogP contribution in [0.15, 0.2) is 37.1 Å². The molecule has 0 aliphatic carbocycles. The number of piperidine rings is 2. The predicted octanol–water partition coefficient (Wildman–Crippen LogP) is 1.89. The van der Waals surface area contributed by atoms with Gasteiger partial charge in [-0.1, -0.05) is 0 Å². The molecule has 0 aromatic carbocycles. The number of hydrogen-bond acceptors (Lipinski definition) is 4. The van der Waals surface area contributed by atoms with Crippen molar-refractivity contribution < 1.29 is 9.59 Å². The van der Waals surface area contributed by atoms with Crippen LogP contribution in [0, 0.1) is 5.41 Å². The maximum absolute atomic E-state index is 12.8. The third-order valence-corrected chi connectivity index (χ3v) is 5.81. The smallest absolute Gasteiger partial charge is 0.255 e. The van der Waals surface area contributed by atoms with E-state index in [4.69, 9.17) is 0 Å². The Kier molecular flexibility index (Phi) is 4.92. The molecule has 2 aromatic heterocycles. The van der Waals surface area contributed by atoms with Gasteiger partial charge in [-0.25, -0.2) is 4.98 Å². The lowest BCUT2D eigenvalue weighted by Crippen LogP contribution is -2.55. The number of nitrogens with zero attached hydrogens (tertiary/aromatic N) is 4. The summed E-state index contributed by atoms with van der Waals surface area (Å²) in [5.41, 5.74) is 1.69. The maximum atomic E-state index is 12.8. The van der Waals surface area contributed by atoms with Crippen LogP contribution >= 0.6 is 0 Å². The van der Waals surface area contributed by atoms with E-state index in [1.54, 1.807) is 31.0 Å². The molecule has 2 amide bonds. The van der Waals surface area contributed by atoms with E-state index in [-0.39, 0.29) is 17.2 Å². The zero-order valence-electron chi connectivity index (χ0n) is 15.4. The van der Waals surface area contributed by atoms with Crippen LogP contribution in [0.25, 0.3) is 0 Å². The Balaban J connectivity index is 1.43. The number of amides is 2. The molecule has 0 unspecified atom stereocenters.